The lowest BCUT2D eigenvalue weighted by Gasteiger charge is -2.27. The highest BCUT2D eigenvalue weighted by Gasteiger charge is 2.22. The van der Waals surface area contributed by atoms with Crippen molar-refractivity contribution >= 4 is 12.6 Å². The molecule has 0 unspecified atom stereocenters. The van der Waals surface area contributed by atoms with Crippen molar-refractivity contribution < 1.29 is 4.39 Å². The molecule has 0 saturated heterocycles. The van der Waals surface area contributed by atoms with Gasteiger partial charge in [-0.2, -0.15) is 12.6 Å². The maximum atomic E-state index is 14.9. The summed E-state index contributed by atoms with van der Waals surface area (Å²) in [6.07, 6.45) is 9.77. The van der Waals surface area contributed by atoms with Crippen molar-refractivity contribution in [1.82, 2.24) is 0 Å². The summed E-state index contributed by atoms with van der Waals surface area (Å²) in [6, 6.07) is 14.5. The van der Waals surface area contributed by atoms with Crippen LogP contribution < -0.4 is 0 Å². The van der Waals surface area contributed by atoms with Crippen LogP contribution in [0.15, 0.2) is 42.5 Å². The Morgan fingerprint density at radius 1 is 0.741 bits per heavy atom. The zero-order chi connectivity index (χ0) is 18.8. The van der Waals surface area contributed by atoms with Gasteiger partial charge in [0.2, 0.25) is 0 Å². The van der Waals surface area contributed by atoms with E-state index in [-0.39, 0.29) is 5.82 Å². The number of benzene rings is 2. The van der Waals surface area contributed by atoms with Gasteiger partial charge in [0.05, 0.1) is 0 Å². The lowest BCUT2D eigenvalue weighted by atomic mass is 9.79. The molecule has 0 nitrogen and oxygen atoms in total. The van der Waals surface area contributed by atoms with Gasteiger partial charge in [-0.05, 0) is 79.0 Å². The second-order valence-electron chi connectivity index (χ2n) is 8.82. The molecule has 2 heteroatoms. The van der Waals surface area contributed by atoms with Gasteiger partial charge in [0.15, 0.2) is 0 Å². The lowest BCUT2D eigenvalue weighted by Crippen LogP contribution is -2.13. The predicted molar refractivity (Wildman–Crippen MR) is 116 cm³/mol. The van der Waals surface area contributed by atoms with Crippen molar-refractivity contribution in [3.63, 3.8) is 0 Å². The Bertz CT molecular complexity index is 750. The van der Waals surface area contributed by atoms with E-state index in [9.17, 15) is 4.39 Å². The number of halogens is 1. The molecule has 27 heavy (non-hydrogen) atoms. The SMILES string of the molecule is CC1CCC(c2ccc(-c3ccc(C4CCC(S)CC4)cc3F)cc2)CC1. The van der Waals surface area contributed by atoms with Crippen molar-refractivity contribution in [3.8, 4) is 11.1 Å². The third-order valence-electron chi connectivity index (χ3n) is 6.87. The van der Waals surface area contributed by atoms with E-state index in [1.54, 1.807) is 6.07 Å². The summed E-state index contributed by atoms with van der Waals surface area (Å²) in [5, 5.41) is 0.524. The maximum absolute atomic E-state index is 14.9. The monoisotopic (exact) mass is 382 g/mol. The minimum Gasteiger partial charge on any atom is -0.206 e. The molecular weight excluding hydrogens is 351 g/mol. The first-order chi connectivity index (χ1) is 13.1. The first-order valence-electron chi connectivity index (χ1n) is 10.7. The quantitative estimate of drug-likeness (QED) is 0.516. The van der Waals surface area contributed by atoms with E-state index >= 15 is 0 Å². The summed E-state index contributed by atoms with van der Waals surface area (Å²) < 4.78 is 14.9. The van der Waals surface area contributed by atoms with Crippen LogP contribution in [0.25, 0.3) is 11.1 Å². The molecule has 0 aliphatic heterocycles. The largest absolute Gasteiger partial charge is 0.206 e. The van der Waals surface area contributed by atoms with Crippen LogP contribution in [0.1, 0.15) is 81.3 Å². The second kappa shape index (κ2) is 8.39. The van der Waals surface area contributed by atoms with Gasteiger partial charge in [0, 0.05) is 10.8 Å². The van der Waals surface area contributed by atoms with Gasteiger partial charge in [0.25, 0.3) is 0 Å². The molecule has 2 saturated carbocycles. The van der Waals surface area contributed by atoms with Crippen LogP contribution in [0.4, 0.5) is 4.39 Å². The number of hydrogen-bond acceptors (Lipinski definition) is 1. The van der Waals surface area contributed by atoms with E-state index in [4.69, 9.17) is 0 Å². The predicted octanol–water partition coefficient (Wildman–Crippen LogP) is 7.74. The molecule has 2 aliphatic rings. The van der Waals surface area contributed by atoms with Gasteiger partial charge >= 0.3 is 0 Å². The highest BCUT2D eigenvalue weighted by atomic mass is 32.1. The Balaban J connectivity index is 1.48. The third kappa shape index (κ3) is 4.42. The summed E-state index contributed by atoms with van der Waals surface area (Å²) in [5.74, 6) is 1.97. The Kier molecular flexibility index (Phi) is 5.92. The average molecular weight is 383 g/mol. The molecule has 0 N–H and O–H groups in total. The zero-order valence-corrected chi connectivity index (χ0v) is 17.2. The van der Waals surface area contributed by atoms with Gasteiger partial charge in [-0.15, -0.1) is 0 Å². The van der Waals surface area contributed by atoms with E-state index in [0.717, 1.165) is 48.3 Å². The van der Waals surface area contributed by atoms with Gasteiger partial charge < -0.3 is 0 Å². The van der Waals surface area contributed by atoms with Crippen LogP contribution in [0, 0.1) is 11.7 Å². The zero-order valence-electron chi connectivity index (χ0n) is 16.3. The number of hydrogen-bond donors (Lipinski definition) is 1. The Hall–Kier alpha value is -1.28. The fraction of sp³-hybridized carbons (Fsp3) is 0.520. The second-order valence-corrected chi connectivity index (χ2v) is 9.55. The summed E-state index contributed by atoms with van der Waals surface area (Å²) in [6.45, 7) is 2.36. The fourth-order valence-electron chi connectivity index (χ4n) is 4.96. The third-order valence-corrected chi connectivity index (χ3v) is 7.39. The van der Waals surface area contributed by atoms with Crippen LogP contribution in [0.2, 0.25) is 0 Å². The molecule has 0 aromatic heterocycles. The molecule has 0 heterocycles. The maximum Gasteiger partial charge on any atom is 0.131 e. The fourth-order valence-corrected chi connectivity index (χ4v) is 5.25. The van der Waals surface area contributed by atoms with E-state index in [2.05, 4.69) is 49.9 Å². The molecule has 4 rings (SSSR count). The normalized spacial score (nSPS) is 28.9. The summed E-state index contributed by atoms with van der Waals surface area (Å²) in [7, 11) is 0. The Labute approximate surface area is 169 Å². The first kappa shape index (κ1) is 19.1. The van der Waals surface area contributed by atoms with E-state index in [1.807, 2.05) is 6.07 Å². The molecule has 2 aromatic carbocycles. The number of thiol groups is 1. The van der Waals surface area contributed by atoms with Gasteiger partial charge in [0.1, 0.15) is 5.82 Å². The van der Waals surface area contributed by atoms with Crippen LogP contribution in [0.3, 0.4) is 0 Å². The van der Waals surface area contributed by atoms with Gasteiger partial charge in [-0.25, -0.2) is 4.39 Å². The molecule has 0 atom stereocenters. The van der Waals surface area contributed by atoms with Crippen molar-refractivity contribution in [2.75, 3.05) is 0 Å². The van der Waals surface area contributed by atoms with E-state index < -0.39 is 0 Å². The molecule has 2 fully saturated rings. The van der Waals surface area contributed by atoms with E-state index in [1.165, 1.54) is 31.2 Å². The summed E-state index contributed by atoms with van der Waals surface area (Å²) in [4.78, 5) is 0. The van der Waals surface area contributed by atoms with Crippen molar-refractivity contribution in [2.45, 2.75) is 75.4 Å². The molecular formula is C25H31FS. The molecule has 0 bridgehead atoms. The van der Waals surface area contributed by atoms with Crippen LogP contribution in [-0.2, 0) is 0 Å². The highest BCUT2D eigenvalue weighted by Crippen LogP contribution is 2.38. The van der Waals surface area contributed by atoms with E-state index in [0.29, 0.717) is 17.1 Å². The summed E-state index contributed by atoms with van der Waals surface area (Å²) >= 11 is 4.58. The molecule has 0 radical (unpaired) electrons. The minimum absolute atomic E-state index is 0.0836. The van der Waals surface area contributed by atoms with Crippen LogP contribution >= 0.6 is 12.6 Å². The minimum atomic E-state index is -0.0836. The molecule has 2 aliphatic carbocycles. The standard InChI is InChI=1S/C25H31FS/c1-17-2-4-18(5-3-17)19-6-8-21(9-7-19)24-15-12-22(16-25(24)26)20-10-13-23(27)14-11-20/h6-9,12,15-18,20,23,27H,2-5,10-11,13-14H2,1H3. The lowest BCUT2D eigenvalue weighted by molar-refractivity contribution is 0.348. The molecule has 0 spiro atoms. The highest BCUT2D eigenvalue weighted by molar-refractivity contribution is 7.80. The topological polar surface area (TPSA) is 0 Å². The number of rotatable bonds is 3. The Morgan fingerprint density at radius 3 is 1.93 bits per heavy atom. The summed E-state index contributed by atoms with van der Waals surface area (Å²) in [5.41, 5.74) is 4.30. The van der Waals surface area contributed by atoms with Crippen molar-refractivity contribution in [1.29, 1.82) is 0 Å². The molecule has 2 aromatic rings. The average Bonchev–Trinajstić information content (AvgIpc) is 2.69. The molecule has 0 amide bonds. The van der Waals surface area contributed by atoms with Crippen molar-refractivity contribution in [2.24, 2.45) is 5.92 Å². The van der Waals surface area contributed by atoms with Crippen LogP contribution in [0.5, 0.6) is 0 Å². The van der Waals surface area contributed by atoms with Gasteiger partial charge in [-0.1, -0.05) is 56.2 Å². The first-order valence-corrected chi connectivity index (χ1v) is 11.2. The van der Waals surface area contributed by atoms with Crippen LogP contribution in [-0.4, -0.2) is 5.25 Å². The Morgan fingerprint density at radius 2 is 1.30 bits per heavy atom. The smallest absolute Gasteiger partial charge is 0.131 e. The van der Waals surface area contributed by atoms with Gasteiger partial charge in [-0.3, -0.25) is 0 Å². The molecule has 144 valence electrons. The van der Waals surface area contributed by atoms with Crippen molar-refractivity contribution in [3.05, 3.63) is 59.4 Å².